The smallest absolute Gasteiger partial charge is 0.410 e. The van der Waals surface area contributed by atoms with Crippen LogP contribution in [0.1, 0.15) is 70.2 Å². The third-order valence-electron chi connectivity index (χ3n) is 10.1. The van der Waals surface area contributed by atoms with Crippen LogP contribution < -0.4 is 9.80 Å². The number of benzene rings is 2. The van der Waals surface area contributed by atoms with Gasteiger partial charge in [0, 0.05) is 55.4 Å². The number of fused-ring (bicyclic) bond motifs is 2. The Morgan fingerprint density at radius 3 is 2.31 bits per heavy atom. The third kappa shape index (κ3) is 7.32. The van der Waals surface area contributed by atoms with E-state index >= 15 is 4.39 Å². The molecule has 1 aliphatic carbocycles. The van der Waals surface area contributed by atoms with Crippen LogP contribution in [0.15, 0.2) is 36.4 Å². The summed E-state index contributed by atoms with van der Waals surface area (Å²) >= 11 is 1.23. The summed E-state index contributed by atoms with van der Waals surface area (Å²) in [4.78, 5) is 28.7. The maximum atomic E-state index is 16.4. The minimum absolute atomic E-state index is 0.0226. The quantitative estimate of drug-likeness (QED) is 0.181. The molecule has 1 atom stereocenters. The van der Waals surface area contributed by atoms with Gasteiger partial charge in [0.2, 0.25) is 0 Å². The summed E-state index contributed by atoms with van der Waals surface area (Å²) in [6.07, 6.45) is 0.761. The molecule has 6 rings (SSSR count). The number of pyridine rings is 1. The second kappa shape index (κ2) is 13.5. The summed E-state index contributed by atoms with van der Waals surface area (Å²) in [6, 6.07) is 11.7. The SMILES string of the molecule is CN(c1nc(-c2ccc(F)cc2)c(C#N)s1)c1c2c(nc3c(F)cc(N4CCN(C(=O)OC(C)(C)C)CC4)cc13)C(O[Si](C)(C)C(C)(C)C)CC2. The third-order valence-corrected chi connectivity index (χ3v) is 15.6. The highest BCUT2D eigenvalue weighted by Crippen LogP contribution is 2.49. The number of rotatable bonds is 6. The lowest BCUT2D eigenvalue weighted by molar-refractivity contribution is 0.0240. The Bertz CT molecular complexity index is 2010. The number of piperazine rings is 1. The first-order valence-corrected chi connectivity index (χ1v) is 21.1. The highest BCUT2D eigenvalue weighted by Gasteiger charge is 2.42. The van der Waals surface area contributed by atoms with Crippen LogP contribution in [0.5, 0.6) is 0 Å². The van der Waals surface area contributed by atoms with Gasteiger partial charge in [0.1, 0.15) is 33.6 Å². The van der Waals surface area contributed by atoms with Gasteiger partial charge in [-0.2, -0.15) is 5.26 Å². The van der Waals surface area contributed by atoms with Crippen molar-refractivity contribution in [2.75, 3.05) is 43.0 Å². The molecule has 2 aliphatic rings. The van der Waals surface area contributed by atoms with Gasteiger partial charge in [-0.15, -0.1) is 0 Å². The van der Waals surface area contributed by atoms with Crippen molar-refractivity contribution in [2.45, 2.75) is 84.2 Å². The Hall–Kier alpha value is -4.12. The summed E-state index contributed by atoms with van der Waals surface area (Å²) in [6.45, 7) is 18.5. The lowest BCUT2D eigenvalue weighted by atomic mass is 10.0. The number of thiazole rings is 1. The monoisotopic (exact) mass is 732 g/mol. The number of amides is 1. The Labute approximate surface area is 303 Å². The first-order valence-electron chi connectivity index (χ1n) is 17.3. The molecule has 0 N–H and O–H groups in total. The first-order chi connectivity index (χ1) is 23.9. The van der Waals surface area contributed by atoms with E-state index in [0.717, 1.165) is 23.4 Å². The highest BCUT2D eigenvalue weighted by molar-refractivity contribution is 7.16. The minimum Gasteiger partial charge on any atom is -0.444 e. The van der Waals surface area contributed by atoms with E-state index in [1.165, 1.54) is 29.5 Å². The van der Waals surface area contributed by atoms with Crippen molar-refractivity contribution in [3.8, 4) is 17.3 Å². The van der Waals surface area contributed by atoms with Gasteiger partial charge in [-0.1, -0.05) is 32.1 Å². The number of halogens is 2. The van der Waals surface area contributed by atoms with Crippen LogP contribution in [-0.4, -0.2) is 68.1 Å². The molecule has 0 saturated carbocycles. The van der Waals surface area contributed by atoms with Crippen LogP contribution in [-0.2, 0) is 15.6 Å². The van der Waals surface area contributed by atoms with Crippen molar-refractivity contribution in [1.82, 2.24) is 14.9 Å². The highest BCUT2D eigenvalue weighted by atomic mass is 32.1. The second-order valence-corrected chi connectivity index (χ2v) is 21.6. The molecule has 1 fully saturated rings. The molecule has 1 aliphatic heterocycles. The number of carbonyl (C=O) groups is 1. The molecule has 2 aromatic heterocycles. The molecule has 4 aromatic rings. The molecule has 0 radical (unpaired) electrons. The maximum absolute atomic E-state index is 16.4. The zero-order valence-electron chi connectivity index (χ0n) is 30.9. The van der Waals surface area contributed by atoms with Gasteiger partial charge in [0.15, 0.2) is 19.3 Å². The van der Waals surface area contributed by atoms with Gasteiger partial charge < -0.3 is 23.9 Å². The summed E-state index contributed by atoms with van der Waals surface area (Å²) in [5.41, 5.74) is 3.92. The van der Waals surface area contributed by atoms with Crippen LogP contribution in [0, 0.1) is 23.0 Å². The summed E-state index contributed by atoms with van der Waals surface area (Å²) in [7, 11) is -0.317. The van der Waals surface area contributed by atoms with E-state index in [0.29, 0.717) is 64.9 Å². The minimum atomic E-state index is -2.20. The van der Waals surface area contributed by atoms with Crippen LogP contribution >= 0.6 is 11.3 Å². The number of aromatic nitrogens is 2. The van der Waals surface area contributed by atoms with Gasteiger partial charge in [-0.3, -0.25) is 0 Å². The Morgan fingerprint density at radius 2 is 1.71 bits per heavy atom. The molecular weight excluding hydrogens is 687 g/mol. The fourth-order valence-electron chi connectivity index (χ4n) is 6.39. The zero-order chi connectivity index (χ0) is 37.0. The van der Waals surface area contributed by atoms with Crippen LogP contribution in [0.4, 0.5) is 30.1 Å². The molecule has 0 spiro atoms. The topological polar surface area (TPSA) is 94.8 Å². The average molecular weight is 733 g/mol. The maximum Gasteiger partial charge on any atom is 0.410 e. The standard InChI is InChI=1S/C38H46F2N6O3SSi/c1-37(2,3)48-36(47)46-18-16-45(17-19-46)25-20-27-32(28(40)21-25)42-33-26(14-15-29(33)49-51(8,9)38(4,5)6)34(27)44(7)35-43-31(30(22-41)50-35)23-10-12-24(39)13-11-23/h10-13,20-21,29H,14-19H2,1-9H3. The first kappa shape index (κ1) is 36.7. The van der Waals surface area contributed by atoms with Crippen molar-refractivity contribution in [3.05, 3.63) is 64.2 Å². The summed E-state index contributed by atoms with van der Waals surface area (Å²) in [5.74, 6) is -0.821. The molecule has 270 valence electrons. The molecule has 51 heavy (non-hydrogen) atoms. The van der Waals surface area contributed by atoms with Crippen molar-refractivity contribution >= 4 is 53.2 Å². The molecule has 1 unspecified atom stereocenters. The van der Waals surface area contributed by atoms with Gasteiger partial charge in [-0.25, -0.2) is 23.5 Å². The fourth-order valence-corrected chi connectivity index (χ4v) is 8.54. The Kier molecular flexibility index (Phi) is 9.67. The van der Waals surface area contributed by atoms with Crippen molar-refractivity contribution in [3.63, 3.8) is 0 Å². The number of anilines is 3. The van der Waals surface area contributed by atoms with Crippen LogP contribution in [0.3, 0.4) is 0 Å². The number of nitriles is 1. The van der Waals surface area contributed by atoms with Crippen LogP contribution in [0.2, 0.25) is 18.1 Å². The second-order valence-electron chi connectivity index (χ2n) is 15.9. The van der Waals surface area contributed by atoms with E-state index in [9.17, 15) is 14.4 Å². The van der Waals surface area contributed by atoms with E-state index < -0.39 is 19.7 Å². The molecule has 0 bridgehead atoms. The lowest BCUT2D eigenvalue weighted by Gasteiger charge is -2.38. The van der Waals surface area contributed by atoms with E-state index in [1.54, 1.807) is 17.0 Å². The number of hydrogen-bond acceptors (Lipinski definition) is 9. The van der Waals surface area contributed by atoms with Crippen LogP contribution in [0.25, 0.3) is 22.2 Å². The molecule has 9 nitrogen and oxygen atoms in total. The van der Waals surface area contributed by atoms with Gasteiger partial charge in [-0.05, 0) is 88.1 Å². The van der Waals surface area contributed by atoms with E-state index in [4.69, 9.17) is 19.1 Å². The fraction of sp³-hybridized carbons (Fsp3) is 0.474. The average Bonchev–Trinajstić information content (AvgIpc) is 3.67. The zero-order valence-corrected chi connectivity index (χ0v) is 32.7. The van der Waals surface area contributed by atoms with E-state index in [1.807, 2.05) is 38.8 Å². The Balaban J connectivity index is 1.44. The number of carbonyl (C=O) groups excluding carboxylic acids is 1. The molecule has 1 saturated heterocycles. The Morgan fingerprint density at radius 1 is 1.04 bits per heavy atom. The van der Waals surface area contributed by atoms with Gasteiger partial charge in [0.25, 0.3) is 0 Å². The van der Waals surface area contributed by atoms with E-state index in [-0.39, 0.29) is 28.6 Å². The lowest BCUT2D eigenvalue weighted by Crippen LogP contribution is -2.50. The normalized spacial score (nSPS) is 16.7. The van der Waals surface area contributed by atoms with Gasteiger partial charge in [0.05, 0.1) is 17.5 Å². The van der Waals surface area contributed by atoms with E-state index in [2.05, 4.69) is 44.8 Å². The summed E-state index contributed by atoms with van der Waals surface area (Å²) in [5, 5.41) is 11.2. The predicted molar refractivity (Wildman–Crippen MR) is 201 cm³/mol. The molecular formula is C38H46F2N6O3SSi. The van der Waals surface area contributed by atoms with Crippen molar-refractivity contribution < 1.29 is 22.7 Å². The predicted octanol–water partition coefficient (Wildman–Crippen LogP) is 9.34. The van der Waals surface area contributed by atoms with Gasteiger partial charge >= 0.3 is 6.09 Å². The number of ether oxygens (including phenoxy) is 1. The molecule has 1 amide bonds. The van der Waals surface area contributed by atoms with Crippen molar-refractivity contribution in [2.24, 2.45) is 0 Å². The molecule has 3 heterocycles. The largest absolute Gasteiger partial charge is 0.444 e. The molecule has 13 heteroatoms. The number of hydrogen-bond donors (Lipinski definition) is 0. The number of nitrogens with zero attached hydrogens (tertiary/aromatic N) is 6. The molecule has 2 aromatic carbocycles. The van der Waals surface area contributed by atoms with Crippen molar-refractivity contribution in [1.29, 1.82) is 5.26 Å². The summed E-state index contributed by atoms with van der Waals surface area (Å²) < 4.78 is 42.7.